The lowest BCUT2D eigenvalue weighted by Gasteiger charge is -2.03. The number of para-hydroxylation sites is 2. The van der Waals surface area contributed by atoms with Crippen molar-refractivity contribution in [2.24, 2.45) is 0 Å². The van der Waals surface area contributed by atoms with Gasteiger partial charge in [0.25, 0.3) is 0 Å². The third kappa shape index (κ3) is 7.76. The van der Waals surface area contributed by atoms with E-state index in [2.05, 4.69) is 28.1 Å². The van der Waals surface area contributed by atoms with Crippen molar-refractivity contribution in [2.45, 2.75) is 0 Å². The molecule has 152 valence electrons. The van der Waals surface area contributed by atoms with Crippen molar-refractivity contribution < 1.29 is 10.0 Å². The van der Waals surface area contributed by atoms with Crippen molar-refractivity contribution in [2.75, 3.05) is 11.5 Å². The van der Waals surface area contributed by atoms with Crippen LogP contribution in [0.25, 0.3) is 11.1 Å². The van der Waals surface area contributed by atoms with E-state index in [1.165, 1.54) is 5.56 Å². The number of anilines is 2. The summed E-state index contributed by atoms with van der Waals surface area (Å²) in [6, 6.07) is 34.3. The first kappa shape index (κ1) is 23.2. The molecule has 0 unspecified atom stereocenters. The molecule has 0 bridgehead atoms. The van der Waals surface area contributed by atoms with Gasteiger partial charge in [-0.15, -0.1) is 0 Å². The van der Waals surface area contributed by atoms with E-state index in [1.54, 1.807) is 24.3 Å². The van der Waals surface area contributed by atoms with E-state index in [0.29, 0.717) is 5.46 Å². The molecule has 0 heterocycles. The molecule has 4 aromatic rings. The quantitative estimate of drug-likeness (QED) is 0.263. The van der Waals surface area contributed by atoms with Crippen LogP contribution in [0.4, 0.5) is 11.4 Å². The zero-order valence-corrected chi connectivity index (χ0v) is 18.0. The lowest BCUT2D eigenvalue weighted by Crippen LogP contribution is -2.29. The van der Waals surface area contributed by atoms with Gasteiger partial charge in [-0.2, -0.15) is 0 Å². The molecule has 0 aliphatic heterocycles. The molecule has 4 aromatic carbocycles. The van der Waals surface area contributed by atoms with Crippen LogP contribution in [0.3, 0.4) is 0 Å². The molecule has 0 atom stereocenters. The number of hydrogen-bond donors (Lipinski definition) is 4. The molecular formula is C24H24BBrN2O2. The predicted molar refractivity (Wildman–Crippen MR) is 131 cm³/mol. The minimum atomic E-state index is -1.34. The summed E-state index contributed by atoms with van der Waals surface area (Å²) in [7, 11) is -1.34. The molecule has 30 heavy (non-hydrogen) atoms. The molecule has 0 saturated heterocycles. The molecule has 0 amide bonds. The van der Waals surface area contributed by atoms with Crippen molar-refractivity contribution in [1.82, 2.24) is 0 Å². The van der Waals surface area contributed by atoms with Crippen LogP contribution < -0.4 is 16.9 Å². The van der Waals surface area contributed by atoms with Crippen molar-refractivity contribution in [3.8, 4) is 11.1 Å². The Balaban J connectivity index is 0.000000167. The normalized spacial score (nSPS) is 9.43. The first-order valence-corrected chi connectivity index (χ1v) is 10.1. The Morgan fingerprint density at radius 3 is 1.47 bits per heavy atom. The van der Waals surface area contributed by atoms with Crippen LogP contribution in [0, 0.1) is 0 Å². The molecule has 0 aromatic heterocycles. The van der Waals surface area contributed by atoms with Gasteiger partial charge in [0.15, 0.2) is 0 Å². The number of rotatable bonds is 2. The summed E-state index contributed by atoms with van der Waals surface area (Å²) in [6.07, 6.45) is 0. The van der Waals surface area contributed by atoms with Crippen LogP contribution in [-0.4, -0.2) is 17.2 Å². The Labute approximate surface area is 186 Å². The van der Waals surface area contributed by atoms with Gasteiger partial charge in [-0.05, 0) is 45.2 Å². The molecule has 0 radical (unpaired) electrons. The molecule has 4 nitrogen and oxygen atoms in total. The van der Waals surface area contributed by atoms with Gasteiger partial charge in [-0.3, -0.25) is 0 Å². The van der Waals surface area contributed by atoms with E-state index in [1.807, 2.05) is 72.8 Å². The van der Waals surface area contributed by atoms with E-state index >= 15 is 0 Å². The predicted octanol–water partition coefficient (Wildman–Crippen LogP) is 4.33. The summed E-state index contributed by atoms with van der Waals surface area (Å²) in [5, 5.41) is 17.2. The van der Waals surface area contributed by atoms with Crippen LogP contribution in [0.5, 0.6) is 0 Å². The van der Waals surface area contributed by atoms with E-state index in [0.717, 1.165) is 21.4 Å². The molecule has 6 N–H and O–H groups in total. The molecule has 4 rings (SSSR count). The summed E-state index contributed by atoms with van der Waals surface area (Å²) in [5.74, 6) is 0. The maximum absolute atomic E-state index is 8.58. The first-order valence-electron chi connectivity index (χ1n) is 9.30. The average molecular weight is 463 g/mol. The van der Waals surface area contributed by atoms with Gasteiger partial charge in [0.1, 0.15) is 0 Å². The van der Waals surface area contributed by atoms with Gasteiger partial charge < -0.3 is 21.5 Å². The summed E-state index contributed by atoms with van der Waals surface area (Å²) in [4.78, 5) is 0. The lowest BCUT2D eigenvalue weighted by molar-refractivity contribution is 0.426. The van der Waals surface area contributed by atoms with Gasteiger partial charge in [0.2, 0.25) is 0 Å². The highest BCUT2D eigenvalue weighted by Gasteiger charge is 2.07. The second-order valence-corrected chi connectivity index (χ2v) is 7.11. The highest BCUT2D eigenvalue weighted by atomic mass is 79.9. The summed E-state index contributed by atoms with van der Waals surface area (Å²) in [5.41, 5.74) is 15.7. The monoisotopic (exact) mass is 462 g/mol. The molecule has 0 saturated carbocycles. The smallest absolute Gasteiger partial charge is 0.423 e. The molecular weight excluding hydrogens is 439 g/mol. The second kappa shape index (κ2) is 12.5. The molecule has 0 aliphatic rings. The number of nitrogens with two attached hydrogens (primary N) is 2. The molecule has 6 heteroatoms. The second-order valence-electron chi connectivity index (χ2n) is 6.26. The summed E-state index contributed by atoms with van der Waals surface area (Å²) in [6.45, 7) is 0. The van der Waals surface area contributed by atoms with Gasteiger partial charge >= 0.3 is 7.12 Å². The van der Waals surface area contributed by atoms with E-state index in [4.69, 9.17) is 21.5 Å². The number of hydrogen-bond acceptors (Lipinski definition) is 4. The lowest BCUT2D eigenvalue weighted by atomic mass is 9.81. The fraction of sp³-hybridized carbons (Fsp3) is 0. The zero-order chi connectivity index (χ0) is 21.8. The van der Waals surface area contributed by atoms with Gasteiger partial charge in [-0.1, -0.05) is 91.0 Å². The topological polar surface area (TPSA) is 92.5 Å². The van der Waals surface area contributed by atoms with Gasteiger partial charge in [0.05, 0.1) is 0 Å². The average Bonchev–Trinajstić information content (AvgIpc) is 2.78. The van der Waals surface area contributed by atoms with Crippen LogP contribution in [0.1, 0.15) is 0 Å². The van der Waals surface area contributed by atoms with Crippen LogP contribution in [-0.2, 0) is 0 Å². The number of halogens is 1. The van der Waals surface area contributed by atoms with E-state index < -0.39 is 7.12 Å². The first-order chi connectivity index (χ1) is 14.5. The van der Waals surface area contributed by atoms with Crippen LogP contribution >= 0.6 is 15.9 Å². The van der Waals surface area contributed by atoms with E-state index in [-0.39, 0.29) is 0 Å². The third-order valence-corrected chi connectivity index (χ3v) is 4.77. The largest absolute Gasteiger partial charge is 0.488 e. The minimum absolute atomic E-state index is 0.525. The Morgan fingerprint density at radius 2 is 1.03 bits per heavy atom. The zero-order valence-electron chi connectivity index (χ0n) is 16.4. The number of benzene rings is 4. The highest BCUT2D eigenvalue weighted by Crippen LogP contribution is 2.24. The van der Waals surface area contributed by atoms with Crippen molar-refractivity contribution in [3.05, 3.63) is 114 Å². The standard InChI is InChI=1S/C12H11N.C6H7BO2.C6H6BrN/c13-12-9-5-4-8-11(12)10-6-2-1-3-7-10;8-7(9)6-4-2-1-3-5-6;7-5-3-1-2-4-6(5)8/h1-9H,13H2;1-5,8-9H;1-4H,8H2. The van der Waals surface area contributed by atoms with Crippen molar-refractivity contribution in [1.29, 1.82) is 0 Å². The van der Waals surface area contributed by atoms with Crippen molar-refractivity contribution >= 4 is 39.9 Å². The van der Waals surface area contributed by atoms with E-state index in [9.17, 15) is 0 Å². The fourth-order valence-corrected chi connectivity index (χ4v) is 2.76. The number of nitrogen functional groups attached to an aromatic ring is 2. The maximum atomic E-state index is 8.58. The SMILES string of the molecule is Nc1ccccc1-c1ccccc1.Nc1ccccc1Br.OB(O)c1ccccc1. The maximum Gasteiger partial charge on any atom is 0.488 e. The minimum Gasteiger partial charge on any atom is -0.423 e. The summed E-state index contributed by atoms with van der Waals surface area (Å²) < 4.78 is 0.958. The molecule has 0 spiro atoms. The summed E-state index contributed by atoms with van der Waals surface area (Å²) >= 11 is 3.27. The van der Waals surface area contributed by atoms with Crippen molar-refractivity contribution in [3.63, 3.8) is 0 Å². The Hall–Kier alpha value is -3.06. The van der Waals surface area contributed by atoms with Gasteiger partial charge in [-0.25, -0.2) is 0 Å². The third-order valence-electron chi connectivity index (χ3n) is 4.05. The van der Waals surface area contributed by atoms with Crippen LogP contribution in [0.2, 0.25) is 0 Å². The Kier molecular flexibility index (Phi) is 9.67. The Morgan fingerprint density at radius 1 is 0.567 bits per heavy atom. The van der Waals surface area contributed by atoms with Gasteiger partial charge in [0, 0.05) is 21.4 Å². The molecule has 0 fully saturated rings. The highest BCUT2D eigenvalue weighted by molar-refractivity contribution is 9.10. The Bertz CT molecular complexity index is 995. The van der Waals surface area contributed by atoms with Crippen LogP contribution in [0.15, 0.2) is 114 Å². The molecule has 0 aliphatic carbocycles. The fourth-order valence-electron chi connectivity index (χ4n) is 2.48.